The average Bonchev–Trinajstić information content (AvgIpc) is 2.85. The summed E-state index contributed by atoms with van der Waals surface area (Å²) in [4.78, 5) is 26.9. The summed E-state index contributed by atoms with van der Waals surface area (Å²) in [5.41, 5.74) is 0. The molecule has 1 aliphatic rings. The van der Waals surface area contributed by atoms with Gasteiger partial charge in [0.2, 0.25) is 0 Å². The molecule has 1 aliphatic heterocycles. The summed E-state index contributed by atoms with van der Waals surface area (Å²) in [7, 11) is 1.76. The third-order valence-electron chi connectivity index (χ3n) is 3.15. The van der Waals surface area contributed by atoms with Gasteiger partial charge >= 0.3 is 12.1 Å². The Morgan fingerprint density at radius 3 is 2.50 bits per heavy atom. The number of urea groups is 1. The molecule has 1 aromatic rings. The van der Waals surface area contributed by atoms with Gasteiger partial charge in [0.1, 0.15) is 5.82 Å². The number of rotatable bonds is 2. The second-order valence-corrected chi connectivity index (χ2v) is 4.44. The summed E-state index contributed by atoms with van der Waals surface area (Å²) in [6.45, 7) is 4.08. The molecular formula is C12H19N5O3. The second kappa shape index (κ2) is 6.27. The van der Waals surface area contributed by atoms with E-state index in [1.165, 1.54) is 0 Å². The summed E-state index contributed by atoms with van der Waals surface area (Å²) >= 11 is 0. The fourth-order valence-electron chi connectivity index (χ4n) is 1.99. The highest BCUT2D eigenvalue weighted by molar-refractivity contribution is 5.88. The number of hydrogen-bond acceptors (Lipinski definition) is 4. The maximum Gasteiger partial charge on any atom is 0.409 e. The van der Waals surface area contributed by atoms with Gasteiger partial charge in [-0.2, -0.15) is 5.10 Å². The molecule has 3 amide bonds. The molecule has 0 radical (unpaired) electrons. The number of aryl methyl sites for hydroxylation is 1. The number of carbonyl (C=O) groups excluding carboxylic acids is 2. The number of carbonyl (C=O) groups is 2. The molecule has 0 bridgehead atoms. The van der Waals surface area contributed by atoms with E-state index in [0.29, 0.717) is 38.6 Å². The Morgan fingerprint density at radius 2 is 1.95 bits per heavy atom. The monoisotopic (exact) mass is 281 g/mol. The first-order valence-electron chi connectivity index (χ1n) is 6.57. The molecule has 110 valence electrons. The van der Waals surface area contributed by atoms with Crippen LogP contribution in [0, 0.1) is 0 Å². The molecule has 0 aliphatic carbocycles. The highest BCUT2D eigenvalue weighted by atomic mass is 16.6. The van der Waals surface area contributed by atoms with Crippen LogP contribution in [0.3, 0.4) is 0 Å². The number of ether oxygens (including phenoxy) is 1. The number of amides is 3. The number of nitrogens with zero attached hydrogens (tertiary/aromatic N) is 4. The number of nitrogens with one attached hydrogen (secondary N) is 1. The SMILES string of the molecule is CCOC(=O)N1CCN(C(=O)Nc2ccnn2C)CC1. The first-order chi connectivity index (χ1) is 9.61. The van der Waals surface area contributed by atoms with Crippen LogP contribution in [-0.4, -0.2) is 64.5 Å². The van der Waals surface area contributed by atoms with Crippen molar-refractivity contribution in [2.24, 2.45) is 7.05 Å². The summed E-state index contributed by atoms with van der Waals surface area (Å²) in [6.07, 6.45) is 1.30. The summed E-state index contributed by atoms with van der Waals surface area (Å²) in [6, 6.07) is 1.55. The molecule has 1 fully saturated rings. The fraction of sp³-hybridized carbons (Fsp3) is 0.583. The van der Waals surface area contributed by atoms with Crippen LogP contribution in [0.1, 0.15) is 6.92 Å². The molecule has 2 heterocycles. The van der Waals surface area contributed by atoms with Crippen molar-refractivity contribution in [1.29, 1.82) is 0 Å². The molecule has 1 saturated heterocycles. The van der Waals surface area contributed by atoms with Crippen molar-refractivity contribution in [2.45, 2.75) is 6.92 Å². The molecular weight excluding hydrogens is 262 g/mol. The van der Waals surface area contributed by atoms with Gasteiger partial charge in [-0.1, -0.05) is 0 Å². The quantitative estimate of drug-likeness (QED) is 0.866. The van der Waals surface area contributed by atoms with E-state index in [0.717, 1.165) is 0 Å². The number of aromatic nitrogens is 2. The lowest BCUT2D eigenvalue weighted by molar-refractivity contribution is 0.0868. The van der Waals surface area contributed by atoms with Crippen molar-refractivity contribution in [2.75, 3.05) is 38.1 Å². The van der Waals surface area contributed by atoms with Gasteiger partial charge in [0.25, 0.3) is 0 Å². The lowest BCUT2D eigenvalue weighted by atomic mass is 10.3. The summed E-state index contributed by atoms with van der Waals surface area (Å²) < 4.78 is 6.52. The Labute approximate surface area is 117 Å². The lowest BCUT2D eigenvalue weighted by Gasteiger charge is -2.33. The molecule has 0 saturated carbocycles. The van der Waals surface area contributed by atoms with E-state index >= 15 is 0 Å². The minimum Gasteiger partial charge on any atom is -0.450 e. The van der Waals surface area contributed by atoms with E-state index in [-0.39, 0.29) is 12.1 Å². The van der Waals surface area contributed by atoms with Crippen LogP contribution in [0.2, 0.25) is 0 Å². The first-order valence-corrected chi connectivity index (χ1v) is 6.57. The van der Waals surface area contributed by atoms with E-state index in [1.54, 1.807) is 40.7 Å². The van der Waals surface area contributed by atoms with Crippen molar-refractivity contribution in [3.63, 3.8) is 0 Å². The molecule has 0 aromatic carbocycles. The molecule has 8 heteroatoms. The number of anilines is 1. The predicted octanol–water partition coefficient (Wildman–Crippen LogP) is 0.726. The van der Waals surface area contributed by atoms with Gasteiger partial charge in [-0.3, -0.25) is 10.00 Å². The number of piperazine rings is 1. The normalized spacial score (nSPS) is 15.1. The molecule has 1 aromatic heterocycles. The van der Waals surface area contributed by atoms with E-state index in [1.807, 2.05) is 0 Å². The van der Waals surface area contributed by atoms with Gasteiger partial charge < -0.3 is 14.5 Å². The van der Waals surface area contributed by atoms with Crippen LogP contribution in [0.25, 0.3) is 0 Å². The summed E-state index contributed by atoms with van der Waals surface area (Å²) in [5.74, 6) is 0.642. The van der Waals surface area contributed by atoms with Crippen molar-refractivity contribution in [1.82, 2.24) is 19.6 Å². The van der Waals surface area contributed by atoms with Crippen LogP contribution >= 0.6 is 0 Å². The van der Waals surface area contributed by atoms with E-state index in [9.17, 15) is 9.59 Å². The maximum atomic E-state index is 12.1. The van der Waals surface area contributed by atoms with Crippen molar-refractivity contribution in [3.8, 4) is 0 Å². The fourth-order valence-corrected chi connectivity index (χ4v) is 1.99. The second-order valence-electron chi connectivity index (χ2n) is 4.44. The zero-order chi connectivity index (χ0) is 14.5. The molecule has 20 heavy (non-hydrogen) atoms. The smallest absolute Gasteiger partial charge is 0.409 e. The molecule has 8 nitrogen and oxygen atoms in total. The molecule has 0 spiro atoms. The minimum absolute atomic E-state index is 0.183. The Balaban J connectivity index is 1.83. The Bertz CT molecular complexity index is 479. The molecule has 2 rings (SSSR count). The van der Waals surface area contributed by atoms with Crippen molar-refractivity contribution < 1.29 is 14.3 Å². The number of hydrogen-bond donors (Lipinski definition) is 1. The van der Waals surface area contributed by atoms with E-state index in [2.05, 4.69) is 10.4 Å². The van der Waals surface area contributed by atoms with Crippen LogP contribution in [0.15, 0.2) is 12.3 Å². The van der Waals surface area contributed by atoms with Gasteiger partial charge in [-0.05, 0) is 6.92 Å². The van der Waals surface area contributed by atoms with Crippen LogP contribution < -0.4 is 5.32 Å². The Morgan fingerprint density at radius 1 is 1.30 bits per heavy atom. The zero-order valence-corrected chi connectivity index (χ0v) is 11.7. The standard InChI is InChI=1S/C12H19N5O3/c1-3-20-12(19)17-8-6-16(7-9-17)11(18)14-10-4-5-13-15(10)2/h4-5H,3,6-9H2,1-2H3,(H,14,18). The first kappa shape index (κ1) is 14.2. The van der Waals surface area contributed by atoms with E-state index in [4.69, 9.17) is 4.74 Å². The molecule has 0 unspecified atom stereocenters. The topological polar surface area (TPSA) is 79.7 Å². The maximum absolute atomic E-state index is 12.1. The summed E-state index contributed by atoms with van der Waals surface area (Å²) in [5, 5.41) is 6.77. The van der Waals surface area contributed by atoms with E-state index < -0.39 is 0 Å². The predicted molar refractivity (Wildman–Crippen MR) is 72.4 cm³/mol. The lowest BCUT2D eigenvalue weighted by Crippen LogP contribution is -2.51. The largest absolute Gasteiger partial charge is 0.450 e. The van der Waals surface area contributed by atoms with Crippen LogP contribution in [0.4, 0.5) is 15.4 Å². The van der Waals surface area contributed by atoms with Gasteiger partial charge in [0.15, 0.2) is 0 Å². The zero-order valence-electron chi connectivity index (χ0n) is 11.7. The van der Waals surface area contributed by atoms with Crippen LogP contribution in [-0.2, 0) is 11.8 Å². The average molecular weight is 281 g/mol. The van der Waals surface area contributed by atoms with Crippen molar-refractivity contribution >= 4 is 17.9 Å². The third-order valence-corrected chi connectivity index (χ3v) is 3.15. The highest BCUT2D eigenvalue weighted by Crippen LogP contribution is 2.08. The third kappa shape index (κ3) is 3.19. The van der Waals surface area contributed by atoms with Gasteiger partial charge in [-0.25, -0.2) is 9.59 Å². The van der Waals surface area contributed by atoms with Gasteiger partial charge in [0, 0.05) is 39.3 Å². The highest BCUT2D eigenvalue weighted by Gasteiger charge is 2.25. The molecule has 0 atom stereocenters. The van der Waals surface area contributed by atoms with Crippen LogP contribution in [0.5, 0.6) is 0 Å². The van der Waals surface area contributed by atoms with Gasteiger partial charge in [-0.15, -0.1) is 0 Å². The van der Waals surface area contributed by atoms with Crippen molar-refractivity contribution in [3.05, 3.63) is 12.3 Å². The van der Waals surface area contributed by atoms with Gasteiger partial charge in [0.05, 0.1) is 12.8 Å². The minimum atomic E-state index is -0.320. The molecule has 1 N–H and O–H groups in total. The Hall–Kier alpha value is -2.25. The Kier molecular flexibility index (Phi) is 4.44.